The van der Waals surface area contributed by atoms with Gasteiger partial charge in [0.25, 0.3) is 0 Å². The van der Waals surface area contributed by atoms with Gasteiger partial charge in [-0.3, -0.25) is 4.79 Å². The predicted octanol–water partition coefficient (Wildman–Crippen LogP) is 3.30. The Hall–Kier alpha value is -3.32. The average molecular weight is 1100 g/mol. The summed E-state index contributed by atoms with van der Waals surface area (Å²) in [5.74, 6) is -3.66. The summed E-state index contributed by atoms with van der Waals surface area (Å²) in [4.78, 5) is 18.3. The lowest BCUT2D eigenvalue weighted by Crippen LogP contribution is -2.61. The van der Waals surface area contributed by atoms with Crippen LogP contribution in [-0.2, 0) is 54.2 Å². The topological polar surface area (TPSA) is 278 Å². The summed E-state index contributed by atoms with van der Waals surface area (Å²) in [5, 5.41) is 77.3. The maximum Gasteiger partial charge on any atom is 0.311 e. The second-order valence-corrected chi connectivity index (χ2v) is 24.5. The first-order valence-corrected chi connectivity index (χ1v) is 28.1. The van der Waals surface area contributed by atoms with Crippen LogP contribution in [-0.4, -0.2) is 209 Å². The van der Waals surface area contributed by atoms with Crippen molar-refractivity contribution in [3.8, 4) is 6.07 Å². The number of aromatic nitrogens is 3. The number of aliphatic hydroxyl groups is 5. The van der Waals surface area contributed by atoms with Crippen LogP contribution in [0.1, 0.15) is 118 Å². The molecule has 0 aliphatic carbocycles. The molecule has 4 heterocycles. The molecule has 76 heavy (non-hydrogen) atoms. The Bertz CT molecular complexity index is 2330. The Morgan fingerprint density at radius 3 is 2.25 bits per heavy atom. The molecular formula is C53H87FN6O15S. The first-order chi connectivity index (χ1) is 35.5. The monoisotopic (exact) mass is 1100 g/mol. The lowest BCUT2D eigenvalue weighted by atomic mass is 9.77. The molecule has 3 aliphatic rings. The van der Waals surface area contributed by atoms with Crippen molar-refractivity contribution in [1.82, 2.24) is 24.8 Å². The van der Waals surface area contributed by atoms with Crippen molar-refractivity contribution in [2.45, 2.75) is 209 Å². The van der Waals surface area contributed by atoms with Gasteiger partial charge in [-0.05, 0) is 105 Å². The SMILES string of the molecule is CC[C@H]1OC(=O)[C@H](C)[C@@H](O[C@H]2C[C@@](C)(OC)[C@@H](O)[C@H](C)O2)[C@H](C)[C@@H](O[C@@H]2O[C@H](C)C[C@H](N(C)CCc3cn([C@H](CF)[C@H](OC)c4ccc(S(=O)(=O)CC#N)cc4)nn3)[C@H]2O)[C@](C)(O)C[C@@H](C)CN(C)[C@H](C)[C@@H](O)[C@]1(C)O. The van der Waals surface area contributed by atoms with Crippen LogP contribution in [0.4, 0.5) is 4.39 Å². The molecule has 3 saturated heterocycles. The van der Waals surface area contributed by atoms with E-state index in [9.17, 15) is 43.1 Å². The maximum absolute atomic E-state index is 14.8. The van der Waals surface area contributed by atoms with E-state index in [2.05, 4.69) is 10.3 Å². The van der Waals surface area contributed by atoms with Gasteiger partial charge >= 0.3 is 5.97 Å². The molecule has 1 aromatic heterocycles. The molecule has 0 radical (unpaired) electrons. The summed E-state index contributed by atoms with van der Waals surface area (Å²) in [6.07, 6.45) is -8.78. The molecule has 3 aliphatic heterocycles. The summed E-state index contributed by atoms with van der Waals surface area (Å²) in [6.45, 7) is 17.1. The van der Waals surface area contributed by atoms with Crippen molar-refractivity contribution in [3.63, 3.8) is 0 Å². The zero-order valence-electron chi connectivity index (χ0n) is 46.9. The van der Waals surface area contributed by atoms with Gasteiger partial charge in [0.2, 0.25) is 0 Å². The smallest absolute Gasteiger partial charge is 0.311 e. The molecule has 21 nitrogen and oxygen atoms in total. The molecule has 5 rings (SSSR count). The Labute approximate surface area is 448 Å². The van der Waals surface area contributed by atoms with Crippen molar-refractivity contribution in [2.75, 3.05) is 53.8 Å². The molecular weight excluding hydrogens is 1010 g/mol. The van der Waals surface area contributed by atoms with Crippen LogP contribution in [0.2, 0.25) is 0 Å². The number of hydrogen-bond donors (Lipinski definition) is 5. The van der Waals surface area contributed by atoms with E-state index in [0.29, 0.717) is 37.2 Å². The average Bonchev–Trinajstić information content (AvgIpc) is 3.84. The minimum Gasteiger partial charge on any atom is -0.459 e. The third kappa shape index (κ3) is 14.5. The minimum atomic E-state index is -3.81. The number of halogens is 1. The van der Waals surface area contributed by atoms with E-state index in [1.807, 2.05) is 37.7 Å². The number of likely N-dealkylation sites (N-methyl/N-ethyl adjacent to an activating group) is 2. The van der Waals surface area contributed by atoms with Crippen molar-refractivity contribution in [3.05, 3.63) is 41.7 Å². The number of carbonyl (C=O) groups is 1. The van der Waals surface area contributed by atoms with Crippen LogP contribution in [0, 0.1) is 29.1 Å². The molecule has 0 spiro atoms. The Balaban J connectivity index is 1.43. The molecule has 5 N–H and O–H groups in total. The molecule has 0 amide bonds. The minimum absolute atomic E-state index is 0.0416. The summed E-state index contributed by atoms with van der Waals surface area (Å²) in [7, 11) is 2.73. The van der Waals surface area contributed by atoms with E-state index < -0.39 is 143 Å². The van der Waals surface area contributed by atoms with Gasteiger partial charge in [0.05, 0.1) is 58.2 Å². The standard InChI is InChI=1S/C53H87FN6O15S/c1-15-41-53(10,66)46(62)34(6)59(12)28-30(2)25-51(8,65)48(32(4)44(33(5)49(64)73-41)74-42-26-52(9,70-14)47(63)35(7)72-42)75-50-43(61)39(24-31(3)71-50)58(11)22-20-37-29-60(57-56-37)40(27-54)45(69-13)36-16-18-38(19-17-36)76(67,68)23-21-55/h16-19,29-35,39-48,50,61-63,65-66H,15,20,22-28H2,1-14H3/t30-,31-,32+,33-,34-,35+,39+,40-,41-,42+,43-,44+,45-,46-,47+,48-,50+,51-,52-,53-/m1/s1. The van der Waals surface area contributed by atoms with Crippen LogP contribution in [0.15, 0.2) is 35.4 Å². The number of carbonyl (C=O) groups excluding carboxylic acids is 1. The highest BCUT2D eigenvalue weighted by Gasteiger charge is 2.53. The van der Waals surface area contributed by atoms with Crippen molar-refractivity contribution >= 4 is 15.8 Å². The number of alkyl halides is 1. The fourth-order valence-electron chi connectivity index (χ4n) is 11.5. The number of nitriles is 1. The van der Waals surface area contributed by atoms with Gasteiger partial charge in [0.15, 0.2) is 22.4 Å². The number of aliphatic hydroxyl groups excluding tert-OH is 3. The number of hydrogen-bond acceptors (Lipinski definition) is 20. The van der Waals surface area contributed by atoms with E-state index >= 15 is 0 Å². The second-order valence-electron chi connectivity index (χ2n) is 22.5. The van der Waals surface area contributed by atoms with Crippen molar-refractivity contribution in [1.29, 1.82) is 5.26 Å². The Kier molecular flexibility index (Phi) is 22.0. The quantitative estimate of drug-likeness (QED) is 0.142. The molecule has 23 heteroatoms. The fraction of sp³-hybridized carbons (Fsp3) is 0.811. The Morgan fingerprint density at radius 2 is 1.66 bits per heavy atom. The zero-order chi connectivity index (χ0) is 56.8. The van der Waals surface area contributed by atoms with Crippen LogP contribution in [0.3, 0.4) is 0 Å². The molecule has 0 bridgehead atoms. The van der Waals surface area contributed by atoms with E-state index in [1.165, 1.54) is 50.1 Å². The first-order valence-electron chi connectivity index (χ1n) is 26.5. The number of esters is 1. The van der Waals surface area contributed by atoms with Crippen molar-refractivity contribution in [2.24, 2.45) is 17.8 Å². The lowest BCUT2D eigenvalue weighted by molar-refractivity contribution is -0.318. The van der Waals surface area contributed by atoms with Crippen LogP contribution < -0.4 is 0 Å². The number of sulfone groups is 1. The summed E-state index contributed by atoms with van der Waals surface area (Å²) < 4.78 is 84.9. The van der Waals surface area contributed by atoms with E-state index in [4.69, 9.17) is 38.4 Å². The highest BCUT2D eigenvalue weighted by atomic mass is 32.2. The number of nitrogens with zero attached hydrogens (tertiary/aromatic N) is 6. The third-order valence-corrected chi connectivity index (χ3v) is 17.8. The predicted molar refractivity (Wildman–Crippen MR) is 276 cm³/mol. The summed E-state index contributed by atoms with van der Waals surface area (Å²) >= 11 is 0. The van der Waals surface area contributed by atoms with Crippen LogP contribution in [0.5, 0.6) is 0 Å². The molecule has 3 fully saturated rings. The number of ether oxygens (including phenoxy) is 7. The zero-order valence-corrected chi connectivity index (χ0v) is 47.7. The number of benzene rings is 1. The van der Waals surface area contributed by atoms with Gasteiger partial charge in [-0.2, -0.15) is 5.26 Å². The molecule has 0 saturated carbocycles. The fourth-order valence-corrected chi connectivity index (χ4v) is 12.4. The largest absolute Gasteiger partial charge is 0.459 e. The van der Waals surface area contributed by atoms with E-state index in [1.54, 1.807) is 60.7 Å². The number of cyclic esters (lactones) is 1. The highest BCUT2D eigenvalue weighted by molar-refractivity contribution is 7.91. The van der Waals surface area contributed by atoms with Gasteiger partial charge < -0.3 is 68.5 Å². The number of methoxy groups -OCH3 is 2. The maximum atomic E-state index is 14.8. The molecule has 2 aromatic rings. The van der Waals surface area contributed by atoms with Crippen LogP contribution in [0.25, 0.3) is 0 Å². The van der Waals surface area contributed by atoms with Gasteiger partial charge in [-0.25, -0.2) is 17.5 Å². The summed E-state index contributed by atoms with van der Waals surface area (Å²) in [5.41, 5.74) is -3.65. The van der Waals surface area contributed by atoms with Crippen molar-refractivity contribution < 1.29 is 76.3 Å². The van der Waals surface area contributed by atoms with Gasteiger partial charge in [0, 0.05) is 64.3 Å². The van der Waals surface area contributed by atoms with Gasteiger partial charge in [0.1, 0.15) is 54.6 Å². The van der Waals surface area contributed by atoms with E-state index in [-0.39, 0.29) is 30.1 Å². The van der Waals surface area contributed by atoms with E-state index in [0.717, 1.165) is 0 Å². The highest BCUT2D eigenvalue weighted by Crippen LogP contribution is 2.41. The molecule has 0 unspecified atom stereocenters. The summed E-state index contributed by atoms with van der Waals surface area (Å²) in [6, 6.07) is 5.27. The molecule has 20 atom stereocenters. The first kappa shape index (κ1) is 63.5. The number of rotatable bonds is 17. The van der Waals surface area contributed by atoms with Gasteiger partial charge in [-0.1, -0.05) is 38.1 Å². The van der Waals surface area contributed by atoms with Crippen LogP contribution >= 0.6 is 0 Å². The molecule has 1 aromatic carbocycles. The third-order valence-electron chi connectivity index (χ3n) is 16.3. The lowest BCUT2D eigenvalue weighted by Gasteiger charge is -2.49. The molecule has 432 valence electrons. The second kappa shape index (κ2) is 26.3. The normalized spacial score (nSPS) is 38.6. The Morgan fingerprint density at radius 1 is 1.00 bits per heavy atom. The van der Waals surface area contributed by atoms with Gasteiger partial charge in [-0.15, -0.1) is 5.10 Å².